The number of rotatable bonds is 6. The minimum absolute atomic E-state index is 0.163. The molecule has 4 rings (SSSR count). The van der Waals surface area contributed by atoms with E-state index in [2.05, 4.69) is 16.5 Å². The van der Waals surface area contributed by atoms with Crippen LogP contribution in [0.1, 0.15) is 31.9 Å². The molecule has 0 saturated carbocycles. The van der Waals surface area contributed by atoms with Crippen LogP contribution in [0.5, 0.6) is 0 Å². The van der Waals surface area contributed by atoms with Crippen molar-refractivity contribution in [2.75, 3.05) is 0 Å². The highest BCUT2D eigenvalue weighted by molar-refractivity contribution is 6.30. The van der Waals surface area contributed by atoms with E-state index in [0.717, 1.165) is 42.6 Å². The number of aromatic nitrogens is 4. The molecule has 0 N–H and O–H groups in total. The van der Waals surface area contributed by atoms with E-state index in [1.165, 1.54) is 0 Å². The third kappa shape index (κ3) is 3.85. The van der Waals surface area contributed by atoms with Gasteiger partial charge in [0.2, 0.25) is 5.78 Å². The highest BCUT2D eigenvalue weighted by Crippen LogP contribution is 2.24. The Morgan fingerprint density at radius 3 is 2.53 bits per heavy atom. The first-order chi connectivity index (χ1) is 14.6. The van der Waals surface area contributed by atoms with Gasteiger partial charge in [-0.1, -0.05) is 43.5 Å². The summed E-state index contributed by atoms with van der Waals surface area (Å²) < 4.78 is 3.63. The first-order valence-corrected chi connectivity index (χ1v) is 10.2. The van der Waals surface area contributed by atoms with Crippen LogP contribution in [0.2, 0.25) is 5.02 Å². The highest BCUT2D eigenvalue weighted by Gasteiger charge is 2.15. The maximum atomic E-state index is 12.9. The number of benzene rings is 1. The Hall–Kier alpha value is -3.43. The van der Waals surface area contributed by atoms with Crippen LogP contribution in [0.4, 0.5) is 0 Å². The molecule has 0 saturated heterocycles. The smallest absolute Gasteiger partial charge is 0.259 e. The molecule has 1 aromatic carbocycles. The first-order valence-electron chi connectivity index (χ1n) is 9.86. The normalized spacial score (nSPS) is 11.0. The summed E-state index contributed by atoms with van der Waals surface area (Å²) in [5.41, 5.74) is 3.30. The molecule has 150 valence electrons. The average Bonchev–Trinajstić information content (AvgIpc) is 3.22. The second kappa shape index (κ2) is 8.52. The van der Waals surface area contributed by atoms with Gasteiger partial charge >= 0.3 is 0 Å². The number of hydrogen-bond acceptors (Lipinski definition) is 4. The Labute approximate surface area is 179 Å². The van der Waals surface area contributed by atoms with Crippen LogP contribution in [0, 0.1) is 11.3 Å². The molecule has 0 amide bonds. The quantitative estimate of drug-likeness (QED) is 0.416. The topological polar surface area (TPSA) is 76.0 Å². The molecule has 3 heterocycles. The van der Waals surface area contributed by atoms with Crippen molar-refractivity contribution in [3.05, 3.63) is 75.9 Å². The van der Waals surface area contributed by atoms with Gasteiger partial charge in [-0.05, 0) is 30.7 Å². The first kappa shape index (κ1) is 19.9. The van der Waals surface area contributed by atoms with Crippen molar-refractivity contribution in [1.29, 1.82) is 5.26 Å². The molecule has 0 aliphatic heterocycles. The molecule has 0 aliphatic rings. The molecule has 0 atom stereocenters. The van der Waals surface area contributed by atoms with Crippen molar-refractivity contribution in [3.8, 4) is 28.6 Å². The molecule has 0 fully saturated rings. The van der Waals surface area contributed by atoms with Crippen LogP contribution in [0.25, 0.3) is 28.3 Å². The number of fused-ring (bicyclic) bond motifs is 1. The van der Waals surface area contributed by atoms with Crippen molar-refractivity contribution >= 4 is 17.4 Å². The lowest BCUT2D eigenvalue weighted by atomic mass is 10.1. The summed E-state index contributed by atoms with van der Waals surface area (Å²) in [6.07, 6.45) is 6.53. The molecule has 0 aliphatic carbocycles. The zero-order valence-electron chi connectivity index (χ0n) is 16.5. The number of imidazole rings is 1. The highest BCUT2D eigenvalue weighted by atomic mass is 35.5. The molecular weight excluding hydrogens is 398 g/mol. The summed E-state index contributed by atoms with van der Waals surface area (Å²) in [4.78, 5) is 21.8. The van der Waals surface area contributed by atoms with Gasteiger partial charge in [0.1, 0.15) is 11.8 Å². The fraction of sp³-hybridized carbons (Fsp3) is 0.217. The third-order valence-electron chi connectivity index (χ3n) is 5.02. The van der Waals surface area contributed by atoms with E-state index < -0.39 is 0 Å². The van der Waals surface area contributed by atoms with Crippen molar-refractivity contribution in [2.45, 2.75) is 32.7 Å². The Morgan fingerprint density at radius 1 is 1.10 bits per heavy atom. The van der Waals surface area contributed by atoms with Gasteiger partial charge in [0.05, 0.1) is 11.4 Å². The number of halogens is 1. The molecule has 3 aromatic heterocycles. The van der Waals surface area contributed by atoms with E-state index in [9.17, 15) is 4.79 Å². The lowest BCUT2D eigenvalue weighted by molar-refractivity contribution is 0.606. The number of pyridine rings is 1. The number of aryl methyl sites for hydroxylation is 1. The van der Waals surface area contributed by atoms with Crippen LogP contribution in [-0.2, 0) is 6.54 Å². The van der Waals surface area contributed by atoms with E-state index in [0.29, 0.717) is 22.2 Å². The zero-order valence-corrected chi connectivity index (χ0v) is 17.3. The lowest BCUT2D eigenvalue weighted by Gasteiger charge is -2.14. The number of nitrogens with zero attached hydrogens (tertiary/aromatic N) is 5. The number of nitriles is 1. The van der Waals surface area contributed by atoms with Crippen LogP contribution >= 0.6 is 11.6 Å². The molecule has 30 heavy (non-hydrogen) atoms. The Kier molecular flexibility index (Phi) is 5.64. The van der Waals surface area contributed by atoms with E-state index in [-0.39, 0.29) is 5.56 Å². The Bertz CT molecular complexity index is 1280. The van der Waals surface area contributed by atoms with Crippen molar-refractivity contribution in [1.82, 2.24) is 18.9 Å². The molecule has 7 heteroatoms. The molecular formula is C23H20ClN5O. The van der Waals surface area contributed by atoms with Gasteiger partial charge in [-0.3, -0.25) is 9.20 Å². The van der Waals surface area contributed by atoms with E-state index in [1.54, 1.807) is 28.9 Å². The van der Waals surface area contributed by atoms with E-state index >= 15 is 0 Å². The average molecular weight is 418 g/mol. The Morgan fingerprint density at radius 2 is 1.87 bits per heavy atom. The second-order valence-electron chi connectivity index (χ2n) is 7.07. The molecule has 0 bridgehead atoms. The van der Waals surface area contributed by atoms with Gasteiger partial charge in [-0.15, -0.1) is 0 Å². The van der Waals surface area contributed by atoms with Crippen LogP contribution < -0.4 is 5.56 Å². The fourth-order valence-corrected chi connectivity index (χ4v) is 3.57. The minimum atomic E-state index is -0.163. The van der Waals surface area contributed by atoms with Crippen molar-refractivity contribution < 1.29 is 0 Å². The lowest BCUT2D eigenvalue weighted by Crippen LogP contribution is -2.18. The number of unbranched alkanes of at least 4 members (excludes halogenated alkanes) is 2. The predicted molar refractivity (Wildman–Crippen MR) is 117 cm³/mol. The van der Waals surface area contributed by atoms with Gasteiger partial charge < -0.3 is 4.57 Å². The van der Waals surface area contributed by atoms with Crippen LogP contribution in [0.3, 0.4) is 0 Å². The number of hydrogen-bond donors (Lipinski definition) is 0. The fourth-order valence-electron chi connectivity index (χ4n) is 3.45. The van der Waals surface area contributed by atoms with E-state index in [1.807, 2.05) is 36.4 Å². The van der Waals surface area contributed by atoms with Gasteiger partial charge in [-0.25, -0.2) is 9.97 Å². The van der Waals surface area contributed by atoms with Crippen LogP contribution in [-0.4, -0.2) is 18.9 Å². The second-order valence-corrected chi connectivity index (χ2v) is 7.51. The monoisotopic (exact) mass is 417 g/mol. The SMILES string of the molecule is CCCCCn1c(-c2ccc(C#N)nc2)cc(=O)n2cc(-c3ccc(Cl)cc3)nc12. The maximum absolute atomic E-state index is 12.9. The van der Waals surface area contributed by atoms with Gasteiger partial charge in [0.15, 0.2) is 0 Å². The van der Waals surface area contributed by atoms with Crippen molar-refractivity contribution in [2.24, 2.45) is 0 Å². The van der Waals surface area contributed by atoms with E-state index in [4.69, 9.17) is 21.8 Å². The minimum Gasteiger partial charge on any atom is -0.311 e. The summed E-state index contributed by atoms with van der Waals surface area (Å²) in [5, 5.41) is 9.67. The summed E-state index contributed by atoms with van der Waals surface area (Å²) in [7, 11) is 0. The Balaban J connectivity index is 1.90. The summed E-state index contributed by atoms with van der Waals surface area (Å²) in [5.74, 6) is 0.586. The summed E-state index contributed by atoms with van der Waals surface area (Å²) >= 11 is 6.00. The largest absolute Gasteiger partial charge is 0.311 e. The molecule has 0 unspecified atom stereocenters. The predicted octanol–water partition coefficient (Wildman–Crippen LogP) is 4.94. The third-order valence-corrected chi connectivity index (χ3v) is 5.27. The van der Waals surface area contributed by atoms with Gasteiger partial charge in [0.25, 0.3) is 5.56 Å². The standard InChI is InChI=1S/C23H20ClN5O/c1-2-3-4-11-28-21(17-7-10-19(13-25)26-14-17)12-22(30)29-15-20(27-23(28)29)16-5-8-18(24)9-6-16/h5-10,12,14-15H,2-4,11H2,1H3. The van der Waals surface area contributed by atoms with Gasteiger partial charge in [-0.2, -0.15) is 5.26 Å². The maximum Gasteiger partial charge on any atom is 0.259 e. The molecule has 0 spiro atoms. The summed E-state index contributed by atoms with van der Waals surface area (Å²) in [6.45, 7) is 2.88. The van der Waals surface area contributed by atoms with Crippen LogP contribution in [0.15, 0.2) is 59.7 Å². The molecule has 0 radical (unpaired) electrons. The van der Waals surface area contributed by atoms with Gasteiger partial charge in [0, 0.05) is 41.2 Å². The van der Waals surface area contributed by atoms with Crippen molar-refractivity contribution in [3.63, 3.8) is 0 Å². The summed E-state index contributed by atoms with van der Waals surface area (Å²) in [6, 6.07) is 14.5. The molecule has 6 nitrogen and oxygen atoms in total. The zero-order chi connectivity index (χ0) is 21.1. The molecule has 4 aromatic rings.